The van der Waals surface area contributed by atoms with E-state index < -0.39 is 0 Å². The molecule has 5 heteroatoms. The molecule has 0 saturated heterocycles. The molecule has 0 spiro atoms. The lowest BCUT2D eigenvalue weighted by Gasteiger charge is -2.04. The molecule has 0 fully saturated rings. The number of alkyl halides is 1. The van der Waals surface area contributed by atoms with E-state index in [4.69, 9.17) is 0 Å². The van der Waals surface area contributed by atoms with Crippen LogP contribution >= 0.6 is 61.1 Å². The molecule has 0 unspecified atom stereocenters. The van der Waals surface area contributed by atoms with Crippen LogP contribution in [0, 0.1) is 7.14 Å². The lowest BCUT2D eigenvalue weighted by molar-refractivity contribution is 0.102. The van der Waals surface area contributed by atoms with Crippen molar-refractivity contribution >= 4 is 66.9 Å². The second-order valence-corrected chi connectivity index (χ2v) is 5.15. The number of rotatable bonds is 2. The van der Waals surface area contributed by atoms with Crippen molar-refractivity contribution in [2.75, 3.05) is 5.33 Å². The first kappa shape index (κ1) is 11.7. The maximum Gasteiger partial charge on any atom is 0.174 e. The van der Waals surface area contributed by atoms with Crippen LogP contribution in [0.5, 0.6) is 5.75 Å². The van der Waals surface area contributed by atoms with Gasteiger partial charge in [-0.15, -0.1) is 0 Å². The maximum atomic E-state index is 11.4. The van der Waals surface area contributed by atoms with Crippen molar-refractivity contribution in [1.82, 2.24) is 0 Å². The molecule has 0 heterocycles. The minimum absolute atomic E-state index is 0.0155. The molecular formula is C8H5BrI2O2. The lowest BCUT2D eigenvalue weighted by atomic mass is 10.1. The van der Waals surface area contributed by atoms with E-state index in [-0.39, 0.29) is 16.9 Å². The van der Waals surface area contributed by atoms with Gasteiger partial charge in [0.15, 0.2) is 5.78 Å². The van der Waals surface area contributed by atoms with Crippen LogP contribution in [-0.2, 0) is 0 Å². The average Bonchev–Trinajstić information content (AvgIpc) is 2.10. The number of halogens is 3. The van der Waals surface area contributed by atoms with Crippen molar-refractivity contribution in [2.24, 2.45) is 0 Å². The van der Waals surface area contributed by atoms with Crippen LogP contribution in [0.2, 0.25) is 0 Å². The van der Waals surface area contributed by atoms with Crippen molar-refractivity contribution in [2.45, 2.75) is 0 Å². The average molecular weight is 467 g/mol. The summed E-state index contributed by atoms with van der Waals surface area (Å²) in [5.41, 5.74) is 0.571. The fraction of sp³-hybridized carbons (Fsp3) is 0.125. The van der Waals surface area contributed by atoms with E-state index >= 15 is 0 Å². The number of phenols is 1. The molecule has 0 aliphatic carbocycles. The van der Waals surface area contributed by atoms with Crippen LogP contribution in [0.3, 0.4) is 0 Å². The van der Waals surface area contributed by atoms with Crippen LogP contribution in [-0.4, -0.2) is 16.2 Å². The van der Waals surface area contributed by atoms with Crippen molar-refractivity contribution < 1.29 is 9.90 Å². The molecule has 0 radical (unpaired) electrons. The molecule has 0 bridgehead atoms. The summed E-state index contributed by atoms with van der Waals surface area (Å²) in [7, 11) is 0. The molecule has 13 heavy (non-hydrogen) atoms. The maximum absolute atomic E-state index is 11.4. The van der Waals surface area contributed by atoms with Crippen LogP contribution < -0.4 is 0 Å². The number of phenolic OH excluding ortho intramolecular Hbond substituents is 1. The third kappa shape index (κ3) is 2.79. The normalized spacial score (nSPS) is 10.1. The fourth-order valence-corrected chi connectivity index (χ4v) is 2.37. The van der Waals surface area contributed by atoms with E-state index in [1.807, 2.05) is 0 Å². The molecular weight excluding hydrogens is 462 g/mol. The van der Waals surface area contributed by atoms with E-state index in [2.05, 4.69) is 61.1 Å². The summed E-state index contributed by atoms with van der Waals surface area (Å²) >= 11 is 7.29. The van der Waals surface area contributed by atoms with Gasteiger partial charge >= 0.3 is 0 Å². The van der Waals surface area contributed by atoms with Gasteiger partial charge in [0.1, 0.15) is 5.75 Å². The zero-order valence-corrected chi connectivity index (χ0v) is 12.3. The Balaban J connectivity index is 3.28. The smallest absolute Gasteiger partial charge is 0.174 e. The quantitative estimate of drug-likeness (QED) is 0.413. The van der Waals surface area contributed by atoms with Gasteiger partial charge in [-0.1, -0.05) is 15.9 Å². The van der Waals surface area contributed by atoms with Gasteiger partial charge in [-0.25, -0.2) is 0 Å². The summed E-state index contributed by atoms with van der Waals surface area (Å²) in [6.07, 6.45) is 0. The summed E-state index contributed by atoms with van der Waals surface area (Å²) in [4.78, 5) is 11.4. The molecule has 1 aromatic rings. The van der Waals surface area contributed by atoms with Crippen LogP contribution in [0.25, 0.3) is 0 Å². The van der Waals surface area contributed by atoms with E-state index in [0.717, 1.165) is 7.14 Å². The minimum atomic E-state index is -0.0155. The van der Waals surface area contributed by atoms with Crippen molar-refractivity contribution in [3.63, 3.8) is 0 Å². The van der Waals surface area contributed by atoms with Crippen molar-refractivity contribution in [3.8, 4) is 5.75 Å². The Morgan fingerprint density at radius 2 is 2.08 bits per heavy atom. The molecule has 1 rings (SSSR count). The summed E-state index contributed by atoms with van der Waals surface area (Å²) < 4.78 is 1.78. The second kappa shape index (κ2) is 4.92. The highest BCUT2D eigenvalue weighted by molar-refractivity contribution is 14.1. The Labute approximate surface area is 112 Å². The number of hydrogen-bond donors (Lipinski definition) is 1. The first-order chi connectivity index (χ1) is 6.06. The number of ketones is 1. The van der Waals surface area contributed by atoms with Crippen molar-refractivity contribution in [1.29, 1.82) is 0 Å². The molecule has 0 saturated carbocycles. The zero-order chi connectivity index (χ0) is 10.0. The number of benzene rings is 1. The minimum Gasteiger partial charge on any atom is -0.508 e. The molecule has 1 aromatic carbocycles. The van der Waals surface area contributed by atoms with Crippen LogP contribution in [0.1, 0.15) is 10.4 Å². The molecule has 0 aliphatic heterocycles. The largest absolute Gasteiger partial charge is 0.508 e. The van der Waals surface area contributed by atoms with Gasteiger partial charge in [-0.05, 0) is 57.3 Å². The Morgan fingerprint density at radius 3 is 2.62 bits per heavy atom. The summed E-state index contributed by atoms with van der Waals surface area (Å²) in [6.45, 7) is 0. The standard InChI is InChI=1S/C8H5BrI2O2/c9-3-7(13)5-1-4(12)2-6(10)8(5)11/h1-2,12H,3H2. The number of hydrogen-bond acceptors (Lipinski definition) is 2. The van der Waals surface area contributed by atoms with Crippen molar-refractivity contribution in [3.05, 3.63) is 24.8 Å². The number of carbonyl (C=O) groups excluding carboxylic acids is 1. The number of carbonyl (C=O) groups is 1. The molecule has 0 aromatic heterocycles. The Bertz CT molecular complexity index is 352. The first-order valence-electron chi connectivity index (χ1n) is 3.33. The second-order valence-electron chi connectivity index (χ2n) is 2.35. The van der Waals surface area contributed by atoms with Crippen LogP contribution in [0.4, 0.5) is 0 Å². The lowest BCUT2D eigenvalue weighted by Crippen LogP contribution is -2.03. The molecule has 2 nitrogen and oxygen atoms in total. The molecule has 0 amide bonds. The Morgan fingerprint density at radius 1 is 1.46 bits per heavy atom. The summed E-state index contributed by atoms with van der Waals surface area (Å²) in [5.74, 6) is 0.118. The Hall–Kier alpha value is 0.630. The summed E-state index contributed by atoms with van der Waals surface area (Å²) in [5, 5.41) is 9.57. The summed E-state index contributed by atoms with van der Waals surface area (Å²) in [6, 6.07) is 3.13. The monoisotopic (exact) mass is 466 g/mol. The van der Waals surface area contributed by atoms with Gasteiger partial charge in [0.2, 0.25) is 0 Å². The first-order valence-corrected chi connectivity index (χ1v) is 6.61. The van der Waals surface area contributed by atoms with Gasteiger partial charge in [0.05, 0.1) is 5.33 Å². The van der Waals surface area contributed by atoms with Gasteiger partial charge in [-0.2, -0.15) is 0 Å². The molecule has 70 valence electrons. The molecule has 1 N–H and O–H groups in total. The van der Waals surface area contributed by atoms with Gasteiger partial charge < -0.3 is 5.11 Å². The van der Waals surface area contributed by atoms with Gasteiger partial charge in [0, 0.05) is 12.7 Å². The van der Waals surface area contributed by atoms with E-state index in [1.165, 1.54) is 6.07 Å². The SMILES string of the molecule is O=C(CBr)c1cc(O)cc(I)c1I. The predicted molar refractivity (Wildman–Crippen MR) is 71.7 cm³/mol. The highest BCUT2D eigenvalue weighted by Crippen LogP contribution is 2.25. The van der Waals surface area contributed by atoms with E-state index in [0.29, 0.717) is 5.56 Å². The predicted octanol–water partition coefficient (Wildman–Crippen LogP) is 3.18. The number of aromatic hydroxyl groups is 1. The van der Waals surface area contributed by atoms with Crippen LogP contribution in [0.15, 0.2) is 12.1 Å². The van der Waals surface area contributed by atoms with E-state index in [9.17, 15) is 9.90 Å². The van der Waals surface area contributed by atoms with E-state index in [1.54, 1.807) is 6.07 Å². The molecule has 0 atom stereocenters. The Kier molecular flexibility index (Phi) is 4.43. The third-order valence-corrected chi connectivity index (χ3v) is 4.99. The van der Waals surface area contributed by atoms with Gasteiger partial charge in [-0.3, -0.25) is 4.79 Å². The molecule has 0 aliphatic rings. The highest BCUT2D eigenvalue weighted by Gasteiger charge is 2.12. The highest BCUT2D eigenvalue weighted by atomic mass is 127. The third-order valence-electron chi connectivity index (χ3n) is 1.43. The number of Topliss-reactive ketones (excluding diaryl/α,β-unsaturated/α-hetero) is 1. The fourth-order valence-electron chi connectivity index (χ4n) is 0.850. The topological polar surface area (TPSA) is 37.3 Å². The zero-order valence-electron chi connectivity index (χ0n) is 6.35. The van der Waals surface area contributed by atoms with Gasteiger partial charge in [0.25, 0.3) is 0 Å².